The fourth-order valence-corrected chi connectivity index (χ4v) is 2.68. The number of nitrogen functional groups attached to an aromatic ring is 1. The second-order valence-corrected chi connectivity index (χ2v) is 4.15. The average molecular weight is 201 g/mol. The van der Waals surface area contributed by atoms with Crippen molar-refractivity contribution in [3.8, 4) is 12.1 Å². The van der Waals surface area contributed by atoms with E-state index in [9.17, 15) is 0 Å². The lowest BCUT2D eigenvalue weighted by atomic mass is 10.0. The topological polar surface area (TPSA) is 73.6 Å². The molecule has 1 aliphatic rings. The van der Waals surface area contributed by atoms with Crippen LogP contribution in [0.3, 0.4) is 0 Å². The minimum absolute atomic E-state index is 0.330. The van der Waals surface area contributed by atoms with E-state index in [0.717, 1.165) is 22.6 Å². The molecular weight excluding hydrogens is 194 g/mol. The summed E-state index contributed by atoms with van der Waals surface area (Å²) in [7, 11) is 0. The Morgan fingerprint density at radius 2 is 2.14 bits per heavy atom. The quantitative estimate of drug-likeness (QED) is 0.648. The number of nitrogens with zero attached hydrogens (tertiary/aromatic N) is 2. The Bertz CT molecular complexity index is 476. The predicted molar refractivity (Wildman–Crippen MR) is 54.7 cm³/mol. The van der Waals surface area contributed by atoms with Gasteiger partial charge >= 0.3 is 0 Å². The number of hydrogen-bond donors (Lipinski definition) is 1. The molecule has 0 saturated heterocycles. The predicted octanol–water partition coefficient (Wildman–Crippen LogP) is 1.66. The summed E-state index contributed by atoms with van der Waals surface area (Å²) in [6.45, 7) is 0. The minimum atomic E-state index is 0.330. The van der Waals surface area contributed by atoms with E-state index >= 15 is 0 Å². The summed E-state index contributed by atoms with van der Waals surface area (Å²) in [5.41, 5.74) is 7.96. The summed E-state index contributed by atoms with van der Waals surface area (Å²) in [6.07, 6.45) is 0.874. The molecule has 1 aromatic rings. The first kappa shape index (κ1) is 8.93. The van der Waals surface area contributed by atoms with E-state index in [4.69, 9.17) is 16.3 Å². The van der Waals surface area contributed by atoms with E-state index in [1.54, 1.807) is 17.8 Å². The molecule has 0 saturated carbocycles. The van der Waals surface area contributed by atoms with Crippen molar-refractivity contribution in [1.82, 2.24) is 0 Å². The fraction of sp³-hybridized carbons (Fsp3) is 0.200. The van der Waals surface area contributed by atoms with Crippen molar-refractivity contribution in [3.05, 3.63) is 22.8 Å². The summed E-state index contributed by atoms with van der Waals surface area (Å²) in [5.74, 6) is 0.971. The molecule has 3 nitrogen and oxygen atoms in total. The van der Waals surface area contributed by atoms with Gasteiger partial charge in [0.05, 0.1) is 16.8 Å². The zero-order valence-corrected chi connectivity index (χ0v) is 8.19. The van der Waals surface area contributed by atoms with Crippen molar-refractivity contribution >= 4 is 17.4 Å². The number of anilines is 1. The summed E-state index contributed by atoms with van der Waals surface area (Å²) < 4.78 is 0. The molecule has 0 bridgehead atoms. The lowest BCUT2D eigenvalue weighted by molar-refractivity contribution is 1.13. The van der Waals surface area contributed by atoms with Gasteiger partial charge in [-0.15, -0.1) is 11.8 Å². The first-order valence-electron chi connectivity index (χ1n) is 4.16. The van der Waals surface area contributed by atoms with Crippen molar-refractivity contribution in [1.29, 1.82) is 10.5 Å². The van der Waals surface area contributed by atoms with Crippen LogP contribution in [0.5, 0.6) is 0 Å². The molecule has 0 amide bonds. The summed E-state index contributed by atoms with van der Waals surface area (Å²) in [6, 6.07) is 5.87. The Labute approximate surface area is 86.1 Å². The van der Waals surface area contributed by atoms with E-state index in [1.807, 2.05) is 6.07 Å². The number of benzene rings is 1. The maximum absolute atomic E-state index is 8.95. The van der Waals surface area contributed by atoms with E-state index in [2.05, 4.69) is 6.07 Å². The van der Waals surface area contributed by atoms with Crippen LogP contribution in [0, 0.1) is 22.7 Å². The van der Waals surface area contributed by atoms with Gasteiger partial charge in [-0.05, 0) is 18.1 Å². The van der Waals surface area contributed by atoms with Gasteiger partial charge in [-0.2, -0.15) is 10.5 Å². The van der Waals surface area contributed by atoms with Crippen LogP contribution in [0.15, 0.2) is 11.0 Å². The normalized spacial score (nSPS) is 13.0. The van der Waals surface area contributed by atoms with Crippen LogP contribution in [0.4, 0.5) is 5.69 Å². The number of rotatable bonds is 0. The van der Waals surface area contributed by atoms with Crippen LogP contribution in [-0.2, 0) is 6.42 Å². The molecule has 0 radical (unpaired) electrons. The van der Waals surface area contributed by atoms with Crippen molar-refractivity contribution in [3.63, 3.8) is 0 Å². The first-order valence-corrected chi connectivity index (χ1v) is 5.15. The molecule has 0 spiro atoms. The van der Waals surface area contributed by atoms with Crippen LogP contribution >= 0.6 is 11.8 Å². The maximum Gasteiger partial charge on any atom is 0.102 e. The van der Waals surface area contributed by atoms with Gasteiger partial charge in [-0.25, -0.2) is 0 Å². The summed E-state index contributed by atoms with van der Waals surface area (Å²) in [5, 5.41) is 17.8. The molecule has 2 N–H and O–H groups in total. The van der Waals surface area contributed by atoms with Crippen molar-refractivity contribution in [2.75, 3.05) is 11.5 Å². The van der Waals surface area contributed by atoms with Gasteiger partial charge in [-0.3, -0.25) is 0 Å². The highest BCUT2D eigenvalue weighted by atomic mass is 32.2. The monoisotopic (exact) mass is 201 g/mol. The Balaban J connectivity index is 2.76. The van der Waals surface area contributed by atoms with Crippen LogP contribution in [-0.4, -0.2) is 5.75 Å². The molecule has 0 fully saturated rings. The second-order valence-electron chi connectivity index (χ2n) is 3.01. The minimum Gasteiger partial charge on any atom is -0.397 e. The standard InChI is InChI=1S/C10H7N3S/c11-4-6-3-9-7(1-2-14-9)8(5-12)10(6)13/h3H,1-2,13H2. The summed E-state index contributed by atoms with van der Waals surface area (Å²) >= 11 is 1.68. The Hall–Kier alpha value is -1.65. The maximum atomic E-state index is 8.95. The number of nitriles is 2. The number of nitrogens with two attached hydrogens (primary N) is 1. The molecule has 0 atom stereocenters. The zero-order chi connectivity index (χ0) is 10.1. The average Bonchev–Trinajstić information content (AvgIpc) is 2.64. The Morgan fingerprint density at radius 3 is 2.79 bits per heavy atom. The van der Waals surface area contributed by atoms with E-state index in [1.165, 1.54) is 0 Å². The van der Waals surface area contributed by atoms with Gasteiger partial charge in [0.25, 0.3) is 0 Å². The van der Waals surface area contributed by atoms with E-state index in [-0.39, 0.29) is 0 Å². The Morgan fingerprint density at radius 1 is 1.36 bits per heavy atom. The zero-order valence-electron chi connectivity index (χ0n) is 7.37. The van der Waals surface area contributed by atoms with Crippen LogP contribution in [0.25, 0.3) is 0 Å². The molecule has 1 aliphatic heterocycles. The molecule has 0 aliphatic carbocycles. The van der Waals surface area contributed by atoms with Crippen LogP contribution in [0.2, 0.25) is 0 Å². The molecule has 1 heterocycles. The van der Waals surface area contributed by atoms with E-state index < -0.39 is 0 Å². The van der Waals surface area contributed by atoms with Gasteiger partial charge in [-0.1, -0.05) is 0 Å². The lowest BCUT2D eigenvalue weighted by Crippen LogP contribution is -1.99. The van der Waals surface area contributed by atoms with Crippen LogP contribution < -0.4 is 5.73 Å². The van der Waals surface area contributed by atoms with Gasteiger partial charge in [0.1, 0.15) is 12.1 Å². The highest BCUT2D eigenvalue weighted by molar-refractivity contribution is 7.99. The third-order valence-electron chi connectivity index (χ3n) is 2.28. The third kappa shape index (κ3) is 1.13. The summed E-state index contributed by atoms with van der Waals surface area (Å²) in [4.78, 5) is 1.03. The second kappa shape index (κ2) is 3.25. The fourth-order valence-electron chi connectivity index (χ4n) is 1.58. The highest BCUT2D eigenvalue weighted by Gasteiger charge is 2.20. The van der Waals surface area contributed by atoms with Crippen molar-refractivity contribution in [2.45, 2.75) is 11.3 Å². The smallest absolute Gasteiger partial charge is 0.102 e. The van der Waals surface area contributed by atoms with Crippen molar-refractivity contribution in [2.24, 2.45) is 0 Å². The molecule has 0 unspecified atom stereocenters. The first-order chi connectivity index (χ1) is 6.77. The van der Waals surface area contributed by atoms with Crippen molar-refractivity contribution < 1.29 is 0 Å². The number of hydrogen-bond acceptors (Lipinski definition) is 4. The van der Waals surface area contributed by atoms with Gasteiger partial charge < -0.3 is 5.73 Å². The molecule has 2 rings (SSSR count). The Kier molecular flexibility index (Phi) is 2.07. The molecule has 14 heavy (non-hydrogen) atoms. The number of thioether (sulfide) groups is 1. The van der Waals surface area contributed by atoms with Gasteiger partial charge in [0.2, 0.25) is 0 Å². The molecular formula is C10H7N3S. The van der Waals surface area contributed by atoms with Crippen LogP contribution in [0.1, 0.15) is 16.7 Å². The third-order valence-corrected chi connectivity index (χ3v) is 3.36. The van der Waals surface area contributed by atoms with Gasteiger partial charge in [0, 0.05) is 10.6 Å². The number of fused-ring (bicyclic) bond motifs is 1. The SMILES string of the molecule is N#Cc1cc2c(c(C#N)c1N)CCS2. The molecule has 4 heteroatoms. The van der Waals surface area contributed by atoms with Gasteiger partial charge in [0.15, 0.2) is 0 Å². The molecule has 68 valence electrons. The molecule has 0 aromatic heterocycles. The van der Waals surface area contributed by atoms with E-state index in [0.29, 0.717) is 16.8 Å². The molecule has 1 aromatic carbocycles. The lowest BCUT2D eigenvalue weighted by Gasteiger charge is -2.05. The highest BCUT2D eigenvalue weighted by Crippen LogP contribution is 2.37. The largest absolute Gasteiger partial charge is 0.397 e.